The maximum absolute atomic E-state index is 5.86. The van der Waals surface area contributed by atoms with Crippen molar-refractivity contribution in [2.45, 2.75) is 6.92 Å². The van der Waals surface area contributed by atoms with Crippen LogP contribution in [0.2, 0.25) is 0 Å². The van der Waals surface area contributed by atoms with Crippen LogP contribution < -0.4 is 16.0 Å². The van der Waals surface area contributed by atoms with Crippen molar-refractivity contribution in [1.29, 1.82) is 0 Å². The van der Waals surface area contributed by atoms with Gasteiger partial charge in [0.05, 0.1) is 10.6 Å². The SMILES string of the molecule is Cc1nc(NN)sc1-c1cccc(Oc2ccccc2)c1. The molecule has 0 bridgehead atoms. The van der Waals surface area contributed by atoms with Crippen molar-refractivity contribution < 1.29 is 4.74 Å². The van der Waals surface area contributed by atoms with Crippen molar-refractivity contribution in [3.63, 3.8) is 0 Å². The third-order valence-corrected chi connectivity index (χ3v) is 4.13. The van der Waals surface area contributed by atoms with Crippen LogP contribution in [0.3, 0.4) is 0 Å². The molecule has 0 radical (unpaired) electrons. The molecule has 0 unspecified atom stereocenters. The molecule has 0 aliphatic heterocycles. The molecule has 0 fully saturated rings. The summed E-state index contributed by atoms with van der Waals surface area (Å²) in [6.07, 6.45) is 0. The number of thiazole rings is 1. The van der Waals surface area contributed by atoms with Gasteiger partial charge in [-0.15, -0.1) is 0 Å². The van der Waals surface area contributed by atoms with Crippen molar-refractivity contribution in [2.24, 2.45) is 5.84 Å². The van der Waals surface area contributed by atoms with E-state index in [2.05, 4.69) is 10.4 Å². The van der Waals surface area contributed by atoms with E-state index in [-0.39, 0.29) is 0 Å². The first-order chi connectivity index (χ1) is 10.3. The van der Waals surface area contributed by atoms with Gasteiger partial charge in [0.15, 0.2) is 5.13 Å². The molecule has 0 aliphatic rings. The van der Waals surface area contributed by atoms with Crippen LogP contribution in [-0.2, 0) is 0 Å². The minimum absolute atomic E-state index is 0.705. The highest BCUT2D eigenvalue weighted by molar-refractivity contribution is 7.19. The van der Waals surface area contributed by atoms with E-state index in [1.807, 2.05) is 61.5 Å². The third-order valence-electron chi connectivity index (χ3n) is 3.00. The van der Waals surface area contributed by atoms with Crippen LogP contribution in [0.25, 0.3) is 10.4 Å². The van der Waals surface area contributed by atoms with E-state index in [1.54, 1.807) is 0 Å². The van der Waals surface area contributed by atoms with Gasteiger partial charge < -0.3 is 4.74 Å². The Morgan fingerprint density at radius 3 is 2.52 bits per heavy atom. The summed E-state index contributed by atoms with van der Waals surface area (Å²) in [5, 5.41) is 0.705. The number of hydrazine groups is 1. The van der Waals surface area contributed by atoms with Crippen LogP contribution in [-0.4, -0.2) is 4.98 Å². The first-order valence-corrected chi connectivity index (χ1v) is 7.35. The highest BCUT2D eigenvalue weighted by atomic mass is 32.1. The van der Waals surface area contributed by atoms with Gasteiger partial charge in [0.1, 0.15) is 11.5 Å². The monoisotopic (exact) mass is 297 g/mol. The van der Waals surface area contributed by atoms with Gasteiger partial charge in [-0.3, -0.25) is 5.43 Å². The Bertz CT molecular complexity index is 740. The first-order valence-electron chi connectivity index (χ1n) is 6.53. The lowest BCUT2D eigenvalue weighted by molar-refractivity contribution is 0.483. The van der Waals surface area contributed by atoms with Crippen molar-refractivity contribution in [3.05, 3.63) is 60.3 Å². The van der Waals surface area contributed by atoms with E-state index in [9.17, 15) is 0 Å². The lowest BCUT2D eigenvalue weighted by Crippen LogP contribution is -2.05. The number of benzene rings is 2. The van der Waals surface area contributed by atoms with E-state index in [0.717, 1.165) is 27.6 Å². The Morgan fingerprint density at radius 2 is 1.81 bits per heavy atom. The highest BCUT2D eigenvalue weighted by Gasteiger charge is 2.10. The largest absolute Gasteiger partial charge is 0.457 e. The number of nitrogens with zero attached hydrogens (tertiary/aromatic N) is 1. The fourth-order valence-corrected chi connectivity index (χ4v) is 2.92. The normalized spacial score (nSPS) is 10.4. The number of hydrogen-bond donors (Lipinski definition) is 2. The van der Waals surface area contributed by atoms with Gasteiger partial charge >= 0.3 is 0 Å². The summed E-state index contributed by atoms with van der Waals surface area (Å²) in [7, 11) is 0. The van der Waals surface area contributed by atoms with E-state index in [0.29, 0.717) is 5.13 Å². The Morgan fingerprint density at radius 1 is 1.05 bits per heavy atom. The maximum Gasteiger partial charge on any atom is 0.197 e. The number of nitrogen functional groups attached to an aromatic ring is 1. The van der Waals surface area contributed by atoms with Crippen LogP contribution in [0.1, 0.15) is 5.69 Å². The third kappa shape index (κ3) is 3.04. The number of ether oxygens (including phenoxy) is 1. The molecule has 1 heterocycles. The lowest BCUT2D eigenvalue weighted by atomic mass is 10.1. The van der Waals surface area contributed by atoms with E-state index in [4.69, 9.17) is 10.6 Å². The van der Waals surface area contributed by atoms with Gasteiger partial charge in [0.2, 0.25) is 0 Å². The second-order valence-electron chi connectivity index (χ2n) is 4.52. The zero-order valence-electron chi connectivity index (χ0n) is 11.5. The van der Waals surface area contributed by atoms with E-state index >= 15 is 0 Å². The van der Waals surface area contributed by atoms with Crippen LogP contribution >= 0.6 is 11.3 Å². The average molecular weight is 297 g/mol. The molecule has 0 spiro atoms. The number of para-hydroxylation sites is 1. The van der Waals surface area contributed by atoms with Crippen LogP contribution in [0.4, 0.5) is 5.13 Å². The van der Waals surface area contributed by atoms with Crippen LogP contribution in [0.15, 0.2) is 54.6 Å². The number of aromatic nitrogens is 1. The van der Waals surface area contributed by atoms with Crippen molar-refractivity contribution in [3.8, 4) is 21.9 Å². The Hall–Kier alpha value is -2.37. The Balaban J connectivity index is 1.91. The molecule has 0 saturated carbocycles. The molecule has 2 aromatic carbocycles. The zero-order chi connectivity index (χ0) is 14.7. The summed E-state index contributed by atoms with van der Waals surface area (Å²) in [6, 6.07) is 17.7. The molecule has 0 aliphatic carbocycles. The topological polar surface area (TPSA) is 60.2 Å². The minimum atomic E-state index is 0.705. The molecule has 3 N–H and O–H groups in total. The molecule has 106 valence electrons. The lowest BCUT2D eigenvalue weighted by Gasteiger charge is -2.07. The zero-order valence-corrected chi connectivity index (χ0v) is 12.4. The van der Waals surface area contributed by atoms with Crippen molar-refractivity contribution in [1.82, 2.24) is 4.98 Å². The quantitative estimate of drug-likeness (QED) is 0.560. The standard InChI is InChI=1S/C16H15N3OS/c1-11-15(21-16(18-11)19-17)12-6-5-9-14(10-12)20-13-7-3-2-4-8-13/h2-10H,17H2,1H3,(H,18,19). The van der Waals surface area contributed by atoms with Gasteiger partial charge in [-0.2, -0.15) is 0 Å². The number of hydrogen-bond acceptors (Lipinski definition) is 5. The smallest absolute Gasteiger partial charge is 0.197 e. The molecule has 3 rings (SSSR count). The predicted molar refractivity (Wildman–Crippen MR) is 86.6 cm³/mol. The maximum atomic E-state index is 5.86. The summed E-state index contributed by atoms with van der Waals surface area (Å²) < 4.78 is 5.86. The molecule has 5 heteroatoms. The fraction of sp³-hybridized carbons (Fsp3) is 0.0625. The first kappa shape index (κ1) is 13.6. The Labute approximate surface area is 127 Å². The average Bonchev–Trinajstić information content (AvgIpc) is 2.90. The molecule has 4 nitrogen and oxygen atoms in total. The van der Waals surface area contributed by atoms with Crippen LogP contribution in [0.5, 0.6) is 11.5 Å². The van der Waals surface area contributed by atoms with Gasteiger partial charge in [-0.05, 0) is 36.8 Å². The van der Waals surface area contributed by atoms with Crippen molar-refractivity contribution >= 4 is 16.5 Å². The second-order valence-corrected chi connectivity index (χ2v) is 5.52. The molecule has 0 amide bonds. The van der Waals surface area contributed by atoms with Gasteiger partial charge in [-0.1, -0.05) is 41.7 Å². The summed E-state index contributed by atoms with van der Waals surface area (Å²) in [5.74, 6) is 7.03. The second kappa shape index (κ2) is 5.95. The highest BCUT2D eigenvalue weighted by Crippen LogP contribution is 2.34. The molecule has 3 aromatic rings. The molecule has 0 saturated heterocycles. The van der Waals surface area contributed by atoms with E-state index in [1.165, 1.54) is 11.3 Å². The molecule has 21 heavy (non-hydrogen) atoms. The summed E-state index contributed by atoms with van der Waals surface area (Å²) in [6.45, 7) is 1.97. The number of rotatable bonds is 4. The minimum Gasteiger partial charge on any atom is -0.457 e. The van der Waals surface area contributed by atoms with Gasteiger partial charge in [0.25, 0.3) is 0 Å². The van der Waals surface area contributed by atoms with E-state index < -0.39 is 0 Å². The summed E-state index contributed by atoms with van der Waals surface area (Å²) in [4.78, 5) is 5.45. The fourth-order valence-electron chi connectivity index (χ4n) is 2.05. The Kier molecular flexibility index (Phi) is 3.85. The molecular weight excluding hydrogens is 282 g/mol. The molecular formula is C16H15N3OS. The summed E-state index contributed by atoms with van der Waals surface area (Å²) >= 11 is 1.52. The number of aryl methyl sites for hydroxylation is 1. The summed E-state index contributed by atoms with van der Waals surface area (Å²) in [5.41, 5.74) is 4.61. The number of anilines is 1. The van der Waals surface area contributed by atoms with Gasteiger partial charge in [-0.25, -0.2) is 10.8 Å². The number of nitrogens with one attached hydrogen (secondary N) is 1. The van der Waals surface area contributed by atoms with Gasteiger partial charge in [0, 0.05) is 0 Å². The van der Waals surface area contributed by atoms with Crippen LogP contribution in [0, 0.1) is 6.92 Å². The van der Waals surface area contributed by atoms with Crippen molar-refractivity contribution in [2.75, 3.05) is 5.43 Å². The predicted octanol–water partition coefficient (Wildman–Crippen LogP) is 4.20. The molecule has 1 aromatic heterocycles. The molecule has 0 atom stereocenters. The number of nitrogens with two attached hydrogens (primary N) is 1.